The van der Waals surface area contributed by atoms with Gasteiger partial charge in [-0.25, -0.2) is 0 Å². The molecule has 1 aliphatic heterocycles. The van der Waals surface area contributed by atoms with Gasteiger partial charge in [-0.15, -0.1) is 10.2 Å². The predicted molar refractivity (Wildman–Crippen MR) is 113 cm³/mol. The van der Waals surface area contributed by atoms with E-state index in [2.05, 4.69) is 27.3 Å². The number of ether oxygens (including phenoxy) is 1. The number of ketones is 1. The van der Waals surface area contributed by atoms with Crippen molar-refractivity contribution in [3.05, 3.63) is 35.4 Å². The Bertz CT molecular complexity index is 831. The molecule has 156 valence electrons. The van der Waals surface area contributed by atoms with Crippen LogP contribution in [-0.2, 0) is 22.5 Å². The first kappa shape index (κ1) is 21.3. The topological polar surface area (TPSA) is 89.3 Å². The predicted octanol–water partition coefficient (Wildman–Crippen LogP) is 1.79. The van der Waals surface area contributed by atoms with Gasteiger partial charge in [-0.3, -0.25) is 14.2 Å². The van der Waals surface area contributed by atoms with Gasteiger partial charge in [0.1, 0.15) is 0 Å². The van der Waals surface area contributed by atoms with E-state index in [9.17, 15) is 9.59 Å². The molecule has 3 rings (SSSR count). The molecule has 0 radical (unpaired) electrons. The number of carbonyl (C=O) groups is 2. The number of anilines is 1. The lowest BCUT2D eigenvalue weighted by molar-refractivity contribution is -0.118. The minimum Gasteiger partial charge on any atom is -0.378 e. The first-order valence-electron chi connectivity index (χ1n) is 9.83. The van der Waals surface area contributed by atoms with Gasteiger partial charge in [-0.1, -0.05) is 36.0 Å². The molecule has 8 nitrogen and oxygen atoms in total. The van der Waals surface area contributed by atoms with E-state index in [1.165, 1.54) is 18.7 Å². The summed E-state index contributed by atoms with van der Waals surface area (Å²) in [5, 5.41) is 12.2. The molecular formula is C20H27N5O3S. The second-order valence-corrected chi connectivity index (χ2v) is 7.71. The van der Waals surface area contributed by atoms with Gasteiger partial charge in [0.15, 0.2) is 10.9 Å². The van der Waals surface area contributed by atoms with Gasteiger partial charge < -0.3 is 15.0 Å². The highest BCUT2D eigenvalue weighted by molar-refractivity contribution is 7.99. The summed E-state index contributed by atoms with van der Waals surface area (Å²) >= 11 is 1.42. The number of thioether (sulfide) groups is 1. The number of carbonyl (C=O) groups excluding carboxylic acids is 2. The van der Waals surface area contributed by atoms with Crippen LogP contribution in [0.2, 0.25) is 0 Å². The number of morpholine rings is 1. The molecule has 0 bridgehead atoms. The highest BCUT2D eigenvalue weighted by Gasteiger charge is 2.20. The Kier molecular flexibility index (Phi) is 7.65. The van der Waals surface area contributed by atoms with Crippen LogP contribution in [0, 0.1) is 0 Å². The first-order valence-corrected chi connectivity index (χ1v) is 10.8. The Morgan fingerprint density at radius 1 is 1.17 bits per heavy atom. The highest BCUT2D eigenvalue weighted by Crippen LogP contribution is 2.23. The summed E-state index contributed by atoms with van der Waals surface area (Å²) in [6.45, 7) is 7.89. The maximum Gasteiger partial charge on any atom is 0.228 e. The number of benzene rings is 1. The zero-order valence-corrected chi connectivity index (χ0v) is 17.7. The largest absolute Gasteiger partial charge is 0.378 e. The zero-order valence-electron chi connectivity index (χ0n) is 16.9. The summed E-state index contributed by atoms with van der Waals surface area (Å²) in [6, 6.07) is 7.56. The molecule has 1 aromatic heterocycles. The molecule has 0 aliphatic carbocycles. The Morgan fingerprint density at radius 3 is 2.55 bits per heavy atom. The van der Waals surface area contributed by atoms with Crippen molar-refractivity contribution >= 4 is 29.4 Å². The Balaban J connectivity index is 1.56. The molecule has 1 saturated heterocycles. The minimum atomic E-state index is -0.0365. The van der Waals surface area contributed by atoms with E-state index in [4.69, 9.17) is 4.74 Å². The number of aromatic nitrogens is 3. The molecule has 1 aromatic carbocycles. The summed E-state index contributed by atoms with van der Waals surface area (Å²) in [6.07, 6.45) is 0.743. The number of hydrogen-bond acceptors (Lipinski definition) is 7. The van der Waals surface area contributed by atoms with Crippen molar-refractivity contribution in [2.24, 2.45) is 0 Å². The maximum atomic E-state index is 12.6. The van der Waals surface area contributed by atoms with E-state index < -0.39 is 0 Å². The normalized spacial score (nSPS) is 14.1. The molecule has 0 spiro atoms. The quantitative estimate of drug-likeness (QED) is 0.491. The average molecular weight is 418 g/mol. The fourth-order valence-electron chi connectivity index (χ4n) is 3.12. The van der Waals surface area contributed by atoms with Crippen LogP contribution in [0.15, 0.2) is 29.4 Å². The van der Waals surface area contributed by atoms with Crippen LogP contribution in [0.25, 0.3) is 0 Å². The van der Waals surface area contributed by atoms with E-state index >= 15 is 0 Å². The number of hydrogen-bond donors (Lipinski definition) is 1. The molecule has 0 saturated carbocycles. The SMILES string of the molecule is CCn1c(SCC(=O)c2ccc(CCNC(C)=O)cc2)nnc1N1CCOCC1. The third-order valence-corrected chi connectivity index (χ3v) is 5.67. The molecule has 1 fully saturated rings. The van der Waals surface area contributed by atoms with Crippen LogP contribution >= 0.6 is 11.8 Å². The fourth-order valence-corrected chi connectivity index (χ4v) is 4.01. The summed E-state index contributed by atoms with van der Waals surface area (Å²) in [7, 11) is 0. The van der Waals surface area contributed by atoms with Crippen molar-refractivity contribution in [3.63, 3.8) is 0 Å². The van der Waals surface area contributed by atoms with Crippen molar-refractivity contribution in [2.75, 3.05) is 43.5 Å². The Hall–Kier alpha value is -2.39. The van der Waals surface area contributed by atoms with E-state index in [1.807, 2.05) is 28.8 Å². The van der Waals surface area contributed by atoms with Crippen LogP contribution in [0.4, 0.5) is 5.95 Å². The third kappa shape index (κ3) is 5.80. The third-order valence-electron chi connectivity index (χ3n) is 4.70. The van der Waals surface area contributed by atoms with Gasteiger partial charge in [-0.05, 0) is 18.9 Å². The summed E-state index contributed by atoms with van der Waals surface area (Å²) in [5.41, 5.74) is 1.76. The van der Waals surface area contributed by atoms with Crippen LogP contribution in [0.3, 0.4) is 0 Å². The van der Waals surface area contributed by atoms with Crippen LogP contribution in [0.1, 0.15) is 29.8 Å². The molecule has 1 N–H and O–H groups in total. The summed E-state index contributed by atoms with van der Waals surface area (Å²) < 4.78 is 7.45. The number of amides is 1. The summed E-state index contributed by atoms with van der Waals surface area (Å²) in [5.74, 6) is 1.17. The molecule has 0 unspecified atom stereocenters. The van der Waals surface area contributed by atoms with Crippen LogP contribution in [-0.4, -0.2) is 65.1 Å². The standard InChI is InChI=1S/C20H27N5O3S/c1-3-25-19(24-10-12-28-13-11-24)22-23-20(25)29-14-18(27)17-6-4-16(5-7-17)8-9-21-15(2)26/h4-7H,3,8-14H2,1-2H3,(H,21,26). The van der Waals surface area contributed by atoms with Crippen molar-refractivity contribution in [2.45, 2.75) is 32.0 Å². The lowest BCUT2D eigenvalue weighted by Crippen LogP contribution is -2.38. The van der Waals surface area contributed by atoms with E-state index in [0.29, 0.717) is 31.1 Å². The average Bonchev–Trinajstić information content (AvgIpc) is 3.16. The number of rotatable bonds is 9. The van der Waals surface area contributed by atoms with Crippen LogP contribution in [0.5, 0.6) is 0 Å². The number of Topliss-reactive ketones (excluding diaryl/α,β-unsaturated/α-hetero) is 1. The zero-order chi connectivity index (χ0) is 20.6. The first-order chi connectivity index (χ1) is 14.1. The van der Waals surface area contributed by atoms with Crippen LogP contribution < -0.4 is 10.2 Å². The second kappa shape index (κ2) is 10.4. The van der Waals surface area contributed by atoms with Gasteiger partial charge in [0.25, 0.3) is 0 Å². The monoisotopic (exact) mass is 417 g/mol. The van der Waals surface area contributed by atoms with Gasteiger partial charge in [0.05, 0.1) is 19.0 Å². The smallest absolute Gasteiger partial charge is 0.228 e. The lowest BCUT2D eigenvalue weighted by atomic mass is 10.1. The van der Waals surface area contributed by atoms with Gasteiger partial charge in [0.2, 0.25) is 11.9 Å². The van der Waals surface area contributed by atoms with E-state index in [1.54, 1.807) is 0 Å². The van der Waals surface area contributed by atoms with E-state index in [-0.39, 0.29) is 11.7 Å². The van der Waals surface area contributed by atoms with Crippen molar-refractivity contribution in [1.29, 1.82) is 0 Å². The Labute approximate surface area is 175 Å². The molecule has 2 heterocycles. The van der Waals surface area contributed by atoms with Crippen molar-refractivity contribution < 1.29 is 14.3 Å². The minimum absolute atomic E-state index is 0.0365. The summed E-state index contributed by atoms with van der Waals surface area (Å²) in [4.78, 5) is 25.7. The molecule has 2 aromatic rings. The number of nitrogens with one attached hydrogen (secondary N) is 1. The lowest BCUT2D eigenvalue weighted by Gasteiger charge is -2.27. The Morgan fingerprint density at radius 2 is 1.90 bits per heavy atom. The van der Waals surface area contributed by atoms with Crippen molar-refractivity contribution in [1.82, 2.24) is 20.1 Å². The second-order valence-electron chi connectivity index (χ2n) is 6.77. The van der Waals surface area contributed by atoms with E-state index in [0.717, 1.165) is 42.7 Å². The molecule has 9 heteroatoms. The molecule has 29 heavy (non-hydrogen) atoms. The van der Waals surface area contributed by atoms with Gasteiger partial charge in [-0.2, -0.15) is 0 Å². The highest BCUT2D eigenvalue weighted by atomic mass is 32.2. The van der Waals surface area contributed by atoms with Gasteiger partial charge >= 0.3 is 0 Å². The molecule has 1 amide bonds. The fraction of sp³-hybridized carbons (Fsp3) is 0.500. The van der Waals surface area contributed by atoms with Crippen molar-refractivity contribution in [3.8, 4) is 0 Å². The molecular weight excluding hydrogens is 390 g/mol. The molecule has 0 atom stereocenters. The maximum absolute atomic E-state index is 12.6. The van der Waals surface area contributed by atoms with Gasteiger partial charge in [0, 0.05) is 38.7 Å². The molecule has 1 aliphatic rings. The number of nitrogens with zero attached hydrogens (tertiary/aromatic N) is 4.